The van der Waals surface area contributed by atoms with Crippen molar-refractivity contribution in [3.63, 3.8) is 0 Å². The Kier molecular flexibility index (Phi) is 6.14. The number of hydrogen-bond acceptors (Lipinski definition) is 2. The van der Waals surface area contributed by atoms with Gasteiger partial charge in [-0.1, -0.05) is 59.3 Å². The van der Waals surface area contributed by atoms with Crippen LogP contribution in [0.25, 0.3) is 0 Å². The van der Waals surface area contributed by atoms with E-state index >= 15 is 0 Å². The molecule has 0 aromatic heterocycles. The number of benzene rings is 2. The van der Waals surface area contributed by atoms with Crippen molar-refractivity contribution in [3.05, 3.63) is 69.7 Å². The van der Waals surface area contributed by atoms with Gasteiger partial charge in [0.25, 0.3) is 0 Å². The van der Waals surface area contributed by atoms with Gasteiger partial charge < -0.3 is 9.64 Å². The molecule has 0 heterocycles. The van der Waals surface area contributed by atoms with E-state index in [1.54, 1.807) is 0 Å². The average Bonchev–Trinajstić information content (AvgIpc) is 2.64. The van der Waals surface area contributed by atoms with E-state index in [2.05, 4.69) is 41.1 Å². The molecule has 3 nitrogen and oxygen atoms in total. The zero-order chi connectivity index (χ0) is 17.6. The molecule has 0 aliphatic heterocycles. The molecule has 0 N–H and O–H groups in total. The van der Waals surface area contributed by atoms with Gasteiger partial charge in [0, 0.05) is 11.0 Å². The summed E-state index contributed by atoms with van der Waals surface area (Å²) in [6, 6.07) is 16.4. The van der Waals surface area contributed by atoms with Crippen molar-refractivity contribution in [2.24, 2.45) is 0 Å². The molecule has 132 valence electrons. The van der Waals surface area contributed by atoms with E-state index in [-0.39, 0.29) is 12.1 Å². The third kappa shape index (κ3) is 4.43. The number of carbonyl (C=O) groups excluding carboxylic acids is 1. The summed E-state index contributed by atoms with van der Waals surface area (Å²) in [5.41, 5.74) is 3.61. The van der Waals surface area contributed by atoms with Gasteiger partial charge >= 0.3 is 6.09 Å². The van der Waals surface area contributed by atoms with Crippen LogP contribution in [-0.2, 0) is 17.8 Å². The number of ether oxygens (including phenoxy) is 1. The van der Waals surface area contributed by atoms with Gasteiger partial charge in [0.05, 0.1) is 6.04 Å². The average molecular weight is 402 g/mol. The smallest absolute Gasteiger partial charge is 0.410 e. The summed E-state index contributed by atoms with van der Waals surface area (Å²) in [5, 5.41) is 0. The Bertz CT molecular complexity index is 717. The fourth-order valence-electron chi connectivity index (χ4n) is 3.49. The van der Waals surface area contributed by atoms with Gasteiger partial charge in [-0.3, -0.25) is 0 Å². The summed E-state index contributed by atoms with van der Waals surface area (Å²) >= 11 is 3.57. The van der Waals surface area contributed by atoms with Crippen LogP contribution in [0.5, 0.6) is 0 Å². The first-order chi connectivity index (χ1) is 12.2. The Morgan fingerprint density at radius 2 is 2.04 bits per heavy atom. The molecule has 0 fully saturated rings. The number of rotatable bonds is 5. The van der Waals surface area contributed by atoms with Crippen LogP contribution in [0.15, 0.2) is 53.0 Å². The number of amides is 1. The van der Waals surface area contributed by atoms with E-state index in [0.717, 1.165) is 35.7 Å². The van der Waals surface area contributed by atoms with Crippen molar-refractivity contribution in [3.8, 4) is 0 Å². The first-order valence-electron chi connectivity index (χ1n) is 8.94. The van der Waals surface area contributed by atoms with Crippen LogP contribution in [-0.4, -0.2) is 17.5 Å². The molecule has 0 radical (unpaired) electrons. The molecular formula is C21H24BrNO2. The Morgan fingerprint density at radius 3 is 2.80 bits per heavy atom. The van der Waals surface area contributed by atoms with Gasteiger partial charge in [-0.25, -0.2) is 4.79 Å². The summed E-state index contributed by atoms with van der Waals surface area (Å²) in [7, 11) is 0. The number of aryl methyl sites for hydroxylation is 1. The van der Waals surface area contributed by atoms with E-state index in [0.29, 0.717) is 13.2 Å². The summed E-state index contributed by atoms with van der Waals surface area (Å²) in [4.78, 5) is 14.7. The lowest BCUT2D eigenvalue weighted by Gasteiger charge is -2.35. The minimum absolute atomic E-state index is 0.101. The molecule has 0 saturated carbocycles. The number of nitrogens with zero attached hydrogens (tertiary/aromatic N) is 1. The number of carbonyl (C=O) groups is 1. The normalized spacial score (nSPS) is 16.2. The van der Waals surface area contributed by atoms with Crippen molar-refractivity contribution in [2.45, 2.75) is 45.3 Å². The predicted octanol–water partition coefficient (Wildman–Crippen LogP) is 5.88. The topological polar surface area (TPSA) is 29.5 Å². The molecule has 4 heteroatoms. The summed E-state index contributed by atoms with van der Waals surface area (Å²) in [6.45, 7) is 3.13. The highest BCUT2D eigenvalue weighted by Crippen LogP contribution is 2.36. The molecule has 0 saturated heterocycles. The van der Waals surface area contributed by atoms with Gasteiger partial charge in [0.1, 0.15) is 6.61 Å². The van der Waals surface area contributed by atoms with Gasteiger partial charge in [-0.2, -0.15) is 0 Å². The van der Waals surface area contributed by atoms with Crippen molar-refractivity contribution in [1.29, 1.82) is 0 Å². The lowest BCUT2D eigenvalue weighted by molar-refractivity contribution is 0.0762. The van der Waals surface area contributed by atoms with E-state index < -0.39 is 0 Å². The lowest BCUT2D eigenvalue weighted by Crippen LogP contribution is -2.37. The highest BCUT2D eigenvalue weighted by atomic mass is 79.9. The van der Waals surface area contributed by atoms with Crippen LogP contribution in [0.2, 0.25) is 0 Å². The predicted molar refractivity (Wildman–Crippen MR) is 103 cm³/mol. The van der Waals surface area contributed by atoms with Crippen LogP contribution >= 0.6 is 15.9 Å². The van der Waals surface area contributed by atoms with Crippen LogP contribution in [0.3, 0.4) is 0 Å². The second kappa shape index (κ2) is 8.52. The molecule has 25 heavy (non-hydrogen) atoms. The second-order valence-corrected chi connectivity index (χ2v) is 7.40. The zero-order valence-electron chi connectivity index (χ0n) is 14.6. The van der Waals surface area contributed by atoms with E-state index in [4.69, 9.17) is 4.74 Å². The van der Waals surface area contributed by atoms with Gasteiger partial charge in [0.15, 0.2) is 0 Å². The Hall–Kier alpha value is -1.81. The second-order valence-electron chi connectivity index (χ2n) is 6.48. The number of hydrogen-bond donors (Lipinski definition) is 0. The molecule has 0 spiro atoms. The minimum Gasteiger partial charge on any atom is -0.445 e. The van der Waals surface area contributed by atoms with Crippen molar-refractivity contribution >= 4 is 22.0 Å². The third-order valence-electron chi connectivity index (χ3n) is 4.67. The van der Waals surface area contributed by atoms with Crippen molar-refractivity contribution in [1.82, 2.24) is 4.90 Å². The maximum Gasteiger partial charge on any atom is 0.410 e. The van der Waals surface area contributed by atoms with Crippen LogP contribution in [0, 0.1) is 0 Å². The number of halogens is 1. The van der Waals surface area contributed by atoms with Crippen LogP contribution in [0.4, 0.5) is 4.79 Å². The quantitative estimate of drug-likeness (QED) is 0.626. The largest absolute Gasteiger partial charge is 0.445 e. The third-order valence-corrected chi connectivity index (χ3v) is 5.16. The molecule has 1 aliphatic rings. The maximum atomic E-state index is 12.8. The maximum absolute atomic E-state index is 12.8. The van der Waals surface area contributed by atoms with Crippen molar-refractivity contribution in [2.75, 3.05) is 6.54 Å². The van der Waals surface area contributed by atoms with E-state index in [1.807, 2.05) is 35.2 Å². The Labute approximate surface area is 158 Å². The fourth-order valence-corrected chi connectivity index (χ4v) is 3.87. The summed E-state index contributed by atoms with van der Waals surface area (Å²) in [6.07, 6.45) is 3.87. The molecule has 1 amide bonds. The molecule has 1 aliphatic carbocycles. The lowest BCUT2D eigenvalue weighted by atomic mass is 9.87. The number of fused-ring (bicyclic) bond motifs is 1. The van der Waals surface area contributed by atoms with Gasteiger partial charge in [-0.05, 0) is 54.5 Å². The molecule has 1 atom stereocenters. The summed E-state index contributed by atoms with van der Waals surface area (Å²) < 4.78 is 6.68. The first-order valence-corrected chi connectivity index (χ1v) is 9.74. The zero-order valence-corrected chi connectivity index (χ0v) is 16.2. The first kappa shape index (κ1) is 18.0. The van der Waals surface area contributed by atoms with Gasteiger partial charge in [-0.15, -0.1) is 0 Å². The monoisotopic (exact) mass is 401 g/mol. The Morgan fingerprint density at radius 1 is 1.24 bits per heavy atom. The molecule has 2 aromatic carbocycles. The fraction of sp³-hybridized carbons (Fsp3) is 0.381. The molecular weight excluding hydrogens is 378 g/mol. The molecule has 0 bridgehead atoms. The van der Waals surface area contributed by atoms with Crippen molar-refractivity contribution < 1.29 is 9.53 Å². The molecule has 2 aromatic rings. The highest BCUT2D eigenvalue weighted by Gasteiger charge is 2.30. The van der Waals surface area contributed by atoms with Crippen LogP contribution < -0.4 is 0 Å². The minimum atomic E-state index is -0.219. The highest BCUT2D eigenvalue weighted by molar-refractivity contribution is 9.10. The Balaban J connectivity index is 1.77. The molecule has 3 rings (SSSR count). The van der Waals surface area contributed by atoms with Crippen LogP contribution in [0.1, 0.15) is 48.9 Å². The van der Waals surface area contributed by atoms with Gasteiger partial charge in [0.2, 0.25) is 0 Å². The molecule has 1 unspecified atom stereocenters. The van der Waals surface area contributed by atoms with E-state index in [9.17, 15) is 4.79 Å². The SMILES string of the molecule is CCCN(C(=O)OCc1ccccc1)C1CCCc2ccc(Br)cc21. The summed E-state index contributed by atoms with van der Waals surface area (Å²) in [5.74, 6) is 0. The van der Waals surface area contributed by atoms with E-state index in [1.165, 1.54) is 11.1 Å². The standard InChI is InChI=1S/C21H24BrNO2/c1-2-13-23(21(24)25-15-16-7-4-3-5-8-16)20-10-6-9-17-11-12-18(22)14-19(17)20/h3-5,7-8,11-12,14,20H,2,6,9-10,13,15H2,1H3.